The average Bonchev–Trinajstić information content (AvgIpc) is 2.86. The van der Waals surface area contributed by atoms with Crippen LogP contribution in [-0.2, 0) is 11.3 Å². The van der Waals surface area contributed by atoms with Crippen LogP contribution in [0.1, 0.15) is 15.9 Å². The zero-order valence-corrected chi connectivity index (χ0v) is 18.1. The van der Waals surface area contributed by atoms with E-state index in [9.17, 15) is 14.0 Å². The van der Waals surface area contributed by atoms with Gasteiger partial charge in [-0.15, -0.1) is 0 Å². The van der Waals surface area contributed by atoms with Crippen LogP contribution in [0.15, 0.2) is 72.8 Å². The number of ether oxygens (including phenoxy) is 1. The van der Waals surface area contributed by atoms with E-state index in [1.165, 1.54) is 12.1 Å². The van der Waals surface area contributed by atoms with Crippen molar-refractivity contribution in [2.45, 2.75) is 6.54 Å². The highest BCUT2D eigenvalue weighted by molar-refractivity contribution is 5.98. The number of anilines is 2. The Morgan fingerprint density at radius 2 is 1.58 bits per heavy atom. The second kappa shape index (κ2) is 8.94. The number of amides is 2. The van der Waals surface area contributed by atoms with Gasteiger partial charge in [0.2, 0.25) is 0 Å². The van der Waals surface area contributed by atoms with Gasteiger partial charge in [0.25, 0.3) is 11.8 Å². The Morgan fingerprint density at radius 1 is 0.879 bits per heavy atom. The molecule has 6 nitrogen and oxygen atoms in total. The van der Waals surface area contributed by atoms with Gasteiger partial charge in [0.15, 0.2) is 6.61 Å². The Balaban J connectivity index is 1.22. The molecule has 0 aromatic heterocycles. The average molecular weight is 445 g/mol. The topological polar surface area (TPSA) is 53.1 Å². The Morgan fingerprint density at radius 3 is 2.30 bits per heavy atom. The first kappa shape index (κ1) is 21.0. The number of hydrogen-bond acceptors (Lipinski definition) is 4. The number of piperazine rings is 1. The molecule has 0 N–H and O–H groups in total. The van der Waals surface area contributed by atoms with Gasteiger partial charge >= 0.3 is 0 Å². The Hall–Kier alpha value is -3.87. The molecular formula is C26H24FN3O3. The number of rotatable bonds is 4. The van der Waals surface area contributed by atoms with Gasteiger partial charge in [-0.2, -0.15) is 0 Å². The minimum Gasteiger partial charge on any atom is -0.482 e. The standard InChI is InChI=1S/C26H24FN3O3/c27-21-9-11-22(12-10-21)28-13-15-29(16-14-28)26(32)20-7-5-19(6-8-20)17-30-23-3-1-2-4-24(23)33-18-25(30)31/h1-12H,13-18H2. The first-order valence-electron chi connectivity index (χ1n) is 11.0. The first-order chi connectivity index (χ1) is 16.1. The van der Waals surface area contributed by atoms with Crippen molar-refractivity contribution in [1.29, 1.82) is 0 Å². The van der Waals surface area contributed by atoms with Gasteiger partial charge in [0, 0.05) is 37.4 Å². The fourth-order valence-corrected chi connectivity index (χ4v) is 4.26. The highest BCUT2D eigenvalue weighted by atomic mass is 19.1. The summed E-state index contributed by atoms with van der Waals surface area (Å²) >= 11 is 0. The van der Waals surface area contributed by atoms with Crippen LogP contribution in [-0.4, -0.2) is 49.5 Å². The summed E-state index contributed by atoms with van der Waals surface area (Å²) in [6, 6.07) is 21.4. The van der Waals surface area contributed by atoms with Crippen molar-refractivity contribution in [2.75, 3.05) is 42.6 Å². The third kappa shape index (κ3) is 4.39. The van der Waals surface area contributed by atoms with Crippen molar-refractivity contribution in [2.24, 2.45) is 0 Å². The number of benzene rings is 3. The van der Waals surface area contributed by atoms with Crippen molar-refractivity contribution in [3.63, 3.8) is 0 Å². The predicted octanol–water partition coefficient (Wildman–Crippen LogP) is 3.71. The van der Waals surface area contributed by atoms with Gasteiger partial charge in [-0.05, 0) is 54.1 Å². The van der Waals surface area contributed by atoms with Gasteiger partial charge in [-0.25, -0.2) is 4.39 Å². The molecule has 0 radical (unpaired) electrons. The molecule has 33 heavy (non-hydrogen) atoms. The van der Waals surface area contributed by atoms with Crippen LogP contribution in [0.25, 0.3) is 0 Å². The molecular weight excluding hydrogens is 421 g/mol. The van der Waals surface area contributed by atoms with Crippen LogP contribution < -0.4 is 14.5 Å². The molecule has 2 amide bonds. The lowest BCUT2D eigenvalue weighted by atomic mass is 10.1. The summed E-state index contributed by atoms with van der Waals surface area (Å²) in [5, 5.41) is 0. The molecule has 3 aromatic rings. The van der Waals surface area contributed by atoms with Gasteiger partial charge < -0.3 is 19.4 Å². The lowest BCUT2D eigenvalue weighted by Gasteiger charge is -2.36. The lowest BCUT2D eigenvalue weighted by Crippen LogP contribution is -2.48. The molecule has 2 aliphatic rings. The summed E-state index contributed by atoms with van der Waals surface area (Å²) in [4.78, 5) is 31.1. The molecule has 0 bridgehead atoms. The fraction of sp³-hybridized carbons (Fsp3) is 0.231. The quantitative estimate of drug-likeness (QED) is 0.614. The van der Waals surface area contributed by atoms with E-state index in [0.717, 1.165) is 16.9 Å². The number of carbonyl (C=O) groups excluding carboxylic acids is 2. The highest BCUT2D eigenvalue weighted by Gasteiger charge is 2.26. The zero-order valence-electron chi connectivity index (χ0n) is 18.1. The normalized spacial score (nSPS) is 15.8. The molecule has 1 fully saturated rings. The number of para-hydroxylation sites is 2. The molecule has 168 valence electrons. The van der Waals surface area contributed by atoms with Crippen LogP contribution >= 0.6 is 0 Å². The number of hydrogen-bond donors (Lipinski definition) is 0. The van der Waals surface area contributed by atoms with Crippen molar-refractivity contribution in [3.8, 4) is 5.75 Å². The summed E-state index contributed by atoms with van der Waals surface area (Å²) in [5.41, 5.74) is 3.29. The second-order valence-electron chi connectivity index (χ2n) is 8.19. The van der Waals surface area contributed by atoms with Crippen molar-refractivity contribution in [1.82, 2.24) is 4.90 Å². The van der Waals surface area contributed by atoms with E-state index >= 15 is 0 Å². The van der Waals surface area contributed by atoms with Gasteiger partial charge in [-0.3, -0.25) is 9.59 Å². The van der Waals surface area contributed by atoms with Gasteiger partial charge in [0.1, 0.15) is 11.6 Å². The summed E-state index contributed by atoms with van der Waals surface area (Å²) in [5.74, 6) is 0.350. The summed E-state index contributed by atoms with van der Waals surface area (Å²) < 4.78 is 18.7. The fourth-order valence-electron chi connectivity index (χ4n) is 4.26. The molecule has 2 heterocycles. The molecule has 0 saturated carbocycles. The van der Waals surface area contributed by atoms with E-state index in [1.54, 1.807) is 17.0 Å². The van der Waals surface area contributed by atoms with Gasteiger partial charge in [-0.1, -0.05) is 24.3 Å². The van der Waals surface area contributed by atoms with Crippen LogP contribution in [0, 0.1) is 5.82 Å². The van der Waals surface area contributed by atoms with Crippen LogP contribution in [0.2, 0.25) is 0 Å². The Bertz CT molecular complexity index is 1160. The van der Waals surface area contributed by atoms with Gasteiger partial charge in [0.05, 0.1) is 12.2 Å². The maximum atomic E-state index is 13.2. The molecule has 0 aliphatic carbocycles. The third-order valence-corrected chi connectivity index (χ3v) is 6.11. The van der Waals surface area contributed by atoms with E-state index < -0.39 is 0 Å². The maximum Gasteiger partial charge on any atom is 0.265 e. The Kier molecular flexibility index (Phi) is 5.69. The van der Waals surface area contributed by atoms with E-state index in [2.05, 4.69) is 4.90 Å². The second-order valence-corrected chi connectivity index (χ2v) is 8.19. The lowest BCUT2D eigenvalue weighted by molar-refractivity contribution is -0.121. The first-order valence-corrected chi connectivity index (χ1v) is 11.0. The smallest absolute Gasteiger partial charge is 0.265 e. The van der Waals surface area contributed by atoms with Crippen LogP contribution in [0.3, 0.4) is 0 Å². The van der Waals surface area contributed by atoms with Crippen LogP contribution in [0.5, 0.6) is 5.75 Å². The molecule has 0 unspecified atom stereocenters. The molecule has 7 heteroatoms. The largest absolute Gasteiger partial charge is 0.482 e. The minimum atomic E-state index is -0.252. The van der Waals surface area contributed by atoms with Crippen molar-refractivity contribution < 1.29 is 18.7 Å². The number of fused-ring (bicyclic) bond motifs is 1. The summed E-state index contributed by atoms with van der Waals surface area (Å²) in [6.45, 7) is 3.07. The zero-order chi connectivity index (χ0) is 22.8. The molecule has 1 saturated heterocycles. The van der Waals surface area contributed by atoms with Crippen molar-refractivity contribution in [3.05, 3.63) is 89.7 Å². The summed E-state index contributed by atoms with van der Waals surface area (Å²) in [6.07, 6.45) is 0. The molecule has 0 spiro atoms. The molecule has 5 rings (SSSR count). The van der Waals surface area contributed by atoms with E-state index in [-0.39, 0.29) is 24.2 Å². The number of nitrogens with zero attached hydrogens (tertiary/aromatic N) is 3. The van der Waals surface area contributed by atoms with Crippen molar-refractivity contribution >= 4 is 23.2 Å². The van der Waals surface area contributed by atoms with E-state index in [4.69, 9.17) is 4.74 Å². The van der Waals surface area contributed by atoms with E-state index in [0.29, 0.717) is 44.0 Å². The Labute approximate surface area is 191 Å². The highest BCUT2D eigenvalue weighted by Crippen LogP contribution is 2.32. The number of halogens is 1. The third-order valence-electron chi connectivity index (χ3n) is 6.11. The van der Waals surface area contributed by atoms with Crippen LogP contribution in [0.4, 0.5) is 15.8 Å². The molecule has 0 atom stereocenters. The SMILES string of the molecule is O=C(c1ccc(CN2C(=O)COc3ccccc32)cc1)N1CCN(c2ccc(F)cc2)CC1. The summed E-state index contributed by atoms with van der Waals surface area (Å²) in [7, 11) is 0. The predicted molar refractivity (Wildman–Crippen MR) is 124 cm³/mol. The maximum absolute atomic E-state index is 13.2. The monoisotopic (exact) mass is 445 g/mol. The molecule has 3 aromatic carbocycles. The molecule has 2 aliphatic heterocycles. The number of carbonyl (C=O) groups is 2. The van der Waals surface area contributed by atoms with E-state index in [1.807, 2.05) is 53.4 Å². The minimum absolute atomic E-state index is 0.00639.